The predicted molar refractivity (Wildman–Crippen MR) is 58.2 cm³/mol. The van der Waals surface area contributed by atoms with Crippen molar-refractivity contribution in [2.24, 2.45) is 7.05 Å². The van der Waals surface area contributed by atoms with Crippen LogP contribution in [0.25, 0.3) is 0 Å². The van der Waals surface area contributed by atoms with Crippen molar-refractivity contribution in [2.75, 3.05) is 5.73 Å². The van der Waals surface area contributed by atoms with Gasteiger partial charge in [0.2, 0.25) is 0 Å². The topological polar surface area (TPSA) is 61.7 Å². The molecule has 5 nitrogen and oxygen atoms in total. The minimum Gasteiger partial charge on any atom is -0.369 e. The van der Waals surface area contributed by atoms with E-state index >= 15 is 0 Å². The molecule has 5 heteroatoms. The van der Waals surface area contributed by atoms with E-state index in [-0.39, 0.29) is 0 Å². The van der Waals surface area contributed by atoms with Crippen LogP contribution < -0.4 is 5.73 Å². The molecule has 0 atom stereocenters. The normalized spacial score (nSPS) is 10.7. The monoisotopic (exact) mass is 205 g/mol. The first-order valence-electron chi connectivity index (χ1n) is 5.00. The number of nitrogens with two attached hydrogens (primary N) is 1. The van der Waals surface area contributed by atoms with E-state index in [4.69, 9.17) is 5.73 Å². The van der Waals surface area contributed by atoms with Crippen LogP contribution in [-0.2, 0) is 20.0 Å². The van der Waals surface area contributed by atoms with Gasteiger partial charge in [0.05, 0.1) is 6.20 Å². The number of hydrogen-bond donors (Lipinski definition) is 1. The molecule has 0 radical (unpaired) electrons. The van der Waals surface area contributed by atoms with Crippen LogP contribution in [0.15, 0.2) is 24.8 Å². The van der Waals surface area contributed by atoms with E-state index in [0.717, 1.165) is 19.4 Å². The van der Waals surface area contributed by atoms with Crippen LogP contribution in [0.2, 0.25) is 0 Å². The summed E-state index contributed by atoms with van der Waals surface area (Å²) in [5, 5.41) is 4.12. The highest BCUT2D eigenvalue weighted by Gasteiger charge is 1.99. The quantitative estimate of drug-likeness (QED) is 0.804. The Morgan fingerprint density at radius 1 is 1.47 bits per heavy atom. The van der Waals surface area contributed by atoms with Crippen molar-refractivity contribution < 1.29 is 0 Å². The first-order valence-corrected chi connectivity index (χ1v) is 5.00. The minimum atomic E-state index is 0.584. The summed E-state index contributed by atoms with van der Waals surface area (Å²) >= 11 is 0. The van der Waals surface area contributed by atoms with Crippen molar-refractivity contribution in [3.05, 3.63) is 30.4 Å². The third-order valence-corrected chi connectivity index (χ3v) is 2.37. The zero-order chi connectivity index (χ0) is 10.7. The summed E-state index contributed by atoms with van der Waals surface area (Å²) in [6.45, 7) is 0.903. The van der Waals surface area contributed by atoms with Crippen molar-refractivity contribution in [3.63, 3.8) is 0 Å². The standard InChI is InChI=1S/C10H15N5/c1-14-8-9(7-13-14)3-2-5-15-6-4-12-10(15)11/h4,6-8H,2-3,5H2,1H3,(H2,11,12). The van der Waals surface area contributed by atoms with Gasteiger partial charge in [-0.05, 0) is 18.4 Å². The highest BCUT2D eigenvalue weighted by molar-refractivity contribution is 5.16. The van der Waals surface area contributed by atoms with Crippen LogP contribution in [0, 0.1) is 0 Å². The number of hydrogen-bond acceptors (Lipinski definition) is 3. The van der Waals surface area contributed by atoms with Gasteiger partial charge in [-0.2, -0.15) is 5.10 Å². The third kappa shape index (κ3) is 2.37. The van der Waals surface area contributed by atoms with Crippen LogP contribution in [0.4, 0.5) is 5.95 Å². The highest BCUT2D eigenvalue weighted by atomic mass is 15.2. The molecule has 0 saturated heterocycles. The number of anilines is 1. The summed E-state index contributed by atoms with van der Waals surface area (Å²) in [5.41, 5.74) is 6.92. The lowest BCUT2D eigenvalue weighted by Crippen LogP contribution is -2.03. The van der Waals surface area contributed by atoms with Crippen LogP contribution in [0.1, 0.15) is 12.0 Å². The predicted octanol–water partition coefficient (Wildman–Crippen LogP) is 0.832. The fourth-order valence-corrected chi connectivity index (χ4v) is 1.58. The lowest BCUT2D eigenvalue weighted by atomic mass is 10.2. The minimum absolute atomic E-state index is 0.584. The van der Waals surface area contributed by atoms with Crippen LogP contribution in [0.3, 0.4) is 0 Å². The fourth-order valence-electron chi connectivity index (χ4n) is 1.58. The Morgan fingerprint density at radius 2 is 2.33 bits per heavy atom. The Hall–Kier alpha value is -1.78. The molecule has 0 unspecified atom stereocenters. The Labute approximate surface area is 88.5 Å². The number of nitrogens with zero attached hydrogens (tertiary/aromatic N) is 4. The van der Waals surface area contributed by atoms with Gasteiger partial charge >= 0.3 is 0 Å². The van der Waals surface area contributed by atoms with Crippen molar-refractivity contribution in [3.8, 4) is 0 Å². The molecule has 0 aliphatic heterocycles. The first kappa shape index (κ1) is 9.76. The van der Waals surface area contributed by atoms with Crippen molar-refractivity contribution >= 4 is 5.95 Å². The van der Waals surface area contributed by atoms with Gasteiger partial charge in [0, 0.05) is 32.2 Å². The Bertz CT molecular complexity index is 428. The summed E-state index contributed by atoms with van der Waals surface area (Å²) in [4.78, 5) is 3.97. The number of rotatable bonds is 4. The summed E-state index contributed by atoms with van der Waals surface area (Å²) in [6.07, 6.45) is 9.63. The van der Waals surface area contributed by atoms with E-state index in [9.17, 15) is 0 Å². The molecule has 2 heterocycles. The van der Waals surface area contributed by atoms with Crippen molar-refractivity contribution in [2.45, 2.75) is 19.4 Å². The number of aromatic nitrogens is 4. The van der Waals surface area contributed by atoms with E-state index < -0.39 is 0 Å². The molecular formula is C10H15N5. The Kier molecular flexibility index (Phi) is 2.71. The molecule has 2 aromatic heterocycles. The Balaban J connectivity index is 1.83. The maximum Gasteiger partial charge on any atom is 0.200 e. The zero-order valence-electron chi connectivity index (χ0n) is 8.80. The molecule has 0 fully saturated rings. The van der Waals surface area contributed by atoms with Gasteiger partial charge in [-0.25, -0.2) is 4.98 Å². The van der Waals surface area contributed by atoms with E-state index in [1.54, 1.807) is 6.20 Å². The van der Waals surface area contributed by atoms with Gasteiger partial charge < -0.3 is 10.3 Å². The average molecular weight is 205 g/mol. The number of nitrogen functional groups attached to an aromatic ring is 1. The van der Waals surface area contributed by atoms with Gasteiger partial charge in [0.25, 0.3) is 0 Å². The van der Waals surface area contributed by atoms with Crippen LogP contribution >= 0.6 is 0 Å². The van der Waals surface area contributed by atoms with E-state index in [2.05, 4.69) is 10.1 Å². The van der Waals surface area contributed by atoms with Gasteiger partial charge in [-0.3, -0.25) is 4.68 Å². The molecule has 0 amide bonds. The third-order valence-electron chi connectivity index (χ3n) is 2.37. The lowest BCUT2D eigenvalue weighted by molar-refractivity contribution is 0.649. The van der Waals surface area contributed by atoms with E-state index in [1.165, 1.54) is 5.56 Å². The molecule has 0 aliphatic carbocycles. The molecule has 2 N–H and O–H groups in total. The molecule has 80 valence electrons. The Morgan fingerprint density at radius 3 is 2.93 bits per heavy atom. The molecule has 0 bridgehead atoms. The zero-order valence-corrected chi connectivity index (χ0v) is 8.80. The van der Waals surface area contributed by atoms with Crippen LogP contribution in [-0.4, -0.2) is 19.3 Å². The molecule has 0 aromatic carbocycles. The summed E-state index contributed by atoms with van der Waals surface area (Å²) in [6, 6.07) is 0. The second-order valence-electron chi connectivity index (χ2n) is 3.60. The maximum atomic E-state index is 5.66. The SMILES string of the molecule is Cn1cc(CCCn2ccnc2N)cn1. The first-order chi connectivity index (χ1) is 7.25. The summed E-state index contributed by atoms with van der Waals surface area (Å²) < 4.78 is 3.78. The summed E-state index contributed by atoms with van der Waals surface area (Å²) in [5.74, 6) is 0.584. The second kappa shape index (κ2) is 4.16. The van der Waals surface area contributed by atoms with Gasteiger partial charge in [-0.1, -0.05) is 0 Å². The second-order valence-corrected chi connectivity index (χ2v) is 3.60. The summed E-state index contributed by atoms with van der Waals surface area (Å²) in [7, 11) is 1.93. The van der Waals surface area contributed by atoms with E-state index in [1.807, 2.05) is 34.9 Å². The largest absolute Gasteiger partial charge is 0.369 e. The molecular weight excluding hydrogens is 190 g/mol. The molecule has 0 saturated carbocycles. The molecule has 0 aliphatic rings. The van der Waals surface area contributed by atoms with Crippen LogP contribution in [0.5, 0.6) is 0 Å². The fraction of sp³-hybridized carbons (Fsp3) is 0.400. The molecule has 2 aromatic rings. The smallest absolute Gasteiger partial charge is 0.200 e. The maximum absolute atomic E-state index is 5.66. The number of imidazole rings is 1. The lowest BCUT2D eigenvalue weighted by Gasteiger charge is -2.02. The van der Waals surface area contributed by atoms with Gasteiger partial charge in [0.1, 0.15) is 0 Å². The molecule has 0 spiro atoms. The molecule has 2 rings (SSSR count). The van der Waals surface area contributed by atoms with Gasteiger partial charge in [0.15, 0.2) is 5.95 Å². The van der Waals surface area contributed by atoms with E-state index in [0.29, 0.717) is 5.95 Å². The number of aryl methyl sites for hydroxylation is 3. The van der Waals surface area contributed by atoms with Crippen molar-refractivity contribution in [1.29, 1.82) is 0 Å². The molecule has 15 heavy (non-hydrogen) atoms. The van der Waals surface area contributed by atoms with Crippen molar-refractivity contribution in [1.82, 2.24) is 19.3 Å². The highest BCUT2D eigenvalue weighted by Crippen LogP contribution is 2.05. The average Bonchev–Trinajstić information content (AvgIpc) is 2.77. The van der Waals surface area contributed by atoms with Gasteiger partial charge in [-0.15, -0.1) is 0 Å².